The van der Waals surface area contributed by atoms with E-state index in [1.807, 2.05) is 12.1 Å². The molecule has 0 bridgehead atoms. The first-order valence-corrected chi connectivity index (χ1v) is 6.90. The molecule has 3 heteroatoms. The van der Waals surface area contributed by atoms with Crippen LogP contribution in [-0.2, 0) is 6.42 Å². The van der Waals surface area contributed by atoms with Gasteiger partial charge in [0.15, 0.2) is 0 Å². The lowest BCUT2D eigenvalue weighted by Crippen LogP contribution is -2.03. The van der Waals surface area contributed by atoms with E-state index in [4.69, 9.17) is 23.2 Å². The number of halogens is 3. The normalized spacial score (nSPS) is 17.8. The molecule has 1 aliphatic rings. The fourth-order valence-electron chi connectivity index (χ4n) is 1.72. The second kappa shape index (κ2) is 5.07. The zero-order chi connectivity index (χ0) is 10.8. The molecule has 1 aliphatic carbocycles. The topological polar surface area (TPSA) is 0 Å². The maximum Gasteiger partial charge on any atom is 0.0595 e. The molecule has 0 amide bonds. The quantitative estimate of drug-likeness (QED) is 0.679. The van der Waals surface area contributed by atoms with Crippen LogP contribution in [0, 0.1) is 5.92 Å². The van der Waals surface area contributed by atoms with E-state index in [0.717, 1.165) is 12.3 Å². The van der Waals surface area contributed by atoms with Gasteiger partial charge in [-0.2, -0.15) is 0 Å². The van der Waals surface area contributed by atoms with Crippen molar-refractivity contribution in [3.05, 3.63) is 33.8 Å². The Labute approximate surface area is 109 Å². The van der Waals surface area contributed by atoms with Crippen LogP contribution in [0.25, 0.3) is 0 Å². The third kappa shape index (κ3) is 3.65. The number of alkyl halides is 1. The van der Waals surface area contributed by atoms with Crippen molar-refractivity contribution in [2.24, 2.45) is 5.92 Å². The van der Waals surface area contributed by atoms with Crippen molar-refractivity contribution in [1.29, 1.82) is 0 Å². The molecule has 1 unspecified atom stereocenters. The van der Waals surface area contributed by atoms with Crippen molar-refractivity contribution < 1.29 is 0 Å². The third-order valence-corrected chi connectivity index (χ3v) is 4.16. The molecule has 0 radical (unpaired) electrons. The second-order valence-corrected chi connectivity index (χ2v) is 6.34. The Balaban J connectivity index is 1.93. The fourth-order valence-corrected chi connectivity index (χ4v) is 2.94. The Bertz CT molecular complexity index is 347. The summed E-state index contributed by atoms with van der Waals surface area (Å²) in [5.41, 5.74) is 1.26. The summed E-state index contributed by atoms with van der Waals surface area (Å²) in [6, 6.07) is 5.89. The molecule has 1 fully saturated rings. The fraction of sp³-hybridized carbons (Fsp3) is 0.500. The highest BCUT2D eigenvalue weighted by Gasteiger charge is 2.24. The summed E-state index contributed by atoms with van der Waals surface area (Å²) in [5.74, 6) is 0.956. The summed E-state index contributed by atoms with van der Waals surface area (Å²) >= 11 is 15.6. The highest BCUT2D eigenvalue weighted by atomic mass is 79.9. The number of hydrogen-bond acceptors (Lipinski definition) is 0. The van der Waals surface area contributed by atoms with Crippen LogP contribution in [0.15, 0.2) is 18.2 Å². The molecule has 1 saturated carbocycles. The van der Waals surface area contributed by atoms with Gasteiger partial charge in [0.05, 0.1) is 10.0 Å². The van der Waals surface area contributed by atoms with Crippen LogP contribution in [0.1, 0.15) is 24.8 Å². The van der Waals surface area contributed by atoms with E-state index in [9.17, 15) is 0 Å². The van der Waals surface area contributed by atoms with Crippen LogP contribution in [0.4, 0.5) is 0 Å². The first kappa shape index (κ1) is 11.8. The Hall–Kier alpha value is 0.280. The summed E-state index contributed by atoms with van der Waals surface area (Å²) in [7, 11) is 0. The minimum absolute atomic E-state index is 0.572. The summed E-state index contributed by atoms with van der Waals surface area (Å²) in [6.07, 6.45) is 5.13. The molecular formula is C12H13BrCl2. The van der Waals surface area contributed by atoms with Crippen LogP contribution in [0.5, 0.6) is 0 Å². The predicted molar refractivity (Wildman–Crippen MR) is 70.2 cm³/mol. The largest absolute Gasteiger partial charge is 0.0887 e. The van der Waals surface area contributed by atoms with Crippen molar-refractivity contribution in [3.8, 4) is 0 Å². The van der Waals surface area contributed by atoms with E-state index < -0.39 is 0 Å². The van der Waals surface area contributed by atoms with Crippen LogP contribution >= 0.6 is 39.1 Å². The molecule has 0 aromatic heterocycles. The summed E-state index contributed by atoms with van der Waals surface area (Å²) < 4.78 is 0. The van der Waals surface area contributed by atoms with Gasteiger partial charge in [0.2, 0.25) is 0 Å². The van der Waals surface area contributed by atoms with Crippen LogP contribution < -0.4 is 0 Å². The summed E-state index contributed by atoms with van der Waals surface area (Å²) in [4.78, 5) is 0.572. The molecular weight excluding hydrogens is 295 g/mol. The van der Waals surface area contributed by atoms with Crippen molar-refractivity contribution in [2.75, 3.05) is 0 Å². The maximum atomic E-state index is 5.97. The minimum atomic E-state index is 0.572. The van der Waals surface area contributed by atoms with E-state index in [2.05, 4.69) is 22.0 Å². The molecule has 0 nitrogen and oxygen atoms in total. The Kier molecular flexibility index (Phi) is 3.98. The maximum absolute atomic E-state index is 5.97. The van der Waals surface area contributed by atoms with Gasteiger partial charge in [0.1, 0.15) is 0 Å². The monoisotopic (exact) mass is 306 g/mol. The minimum Gasteiger partial charge on any atom is -0.0887 e. The highest BCUT2D eigenvalue weighted by Crippen LogP contribution is 2.36. The van der Waals surface area contributed by atoms with Crippen LogP contribution in [-0.4, -0.2) is 4.83 Å². The van der Waals surface area contributed by atoms with Gasteiger partial charge in [0.25, 0.3) is 0 Å². The van der Waals surface area contributed by atoms with Crippen molar-refractivity contribution in [3.63, 3.8) is 0 Å². The molecule has 1 aromatic rings. The number of rotatable bonds is 4. The zero-order valence-electron chi connectivity index (χ0n) is 8.35. The van der Waals surface area contributed by atoms with Gasteiger partial charge in [-0.1, -0.05) is 58.0 Å². The van der Waals surface area contributed by atoms with E-state index >= 15 is 0 Å². The Morgan fingerprint density at radius 1 is 1.27 bits per heavy atom. The van der Waals surface area contributed by atoms with Gasteiger partial charge >= 0.3 is 0 Å². The molecule has 0 saturated heterocycles. The summed E-state index contributed by atoms with van der Waals surface area (Å²) in [5, 5.41) is 1.29. The van der Waals surface area contributed by atoms with Crippen molar-refractivity contribution >= 4 is 39.1 Å². The SMILES string of the molecule is Clc1ccc(CC(Br)CC2CC2)cc1Cl. The predicted octanol–water partition coefficient (Wildman–Crippen LogP) is 5.10. The lowest BCUT2D eigenvalue weighted by Gasteiger charge is -2.09. The highest BCUT2D eigenvalue weighted by molar-refractivity contribution is 9.09. The smallest absolute Gasteiger partial charge is 0.0595 e. The van der Waals surface area contributed by atoms with Crippen LogP contribution in [0.3, 0.4) is 0 Å². The first-order chi connectivity index (χ1) is 7.15. The van der Waals surface area contributed by atoms with Gasteiger partial charge in [-0.05, 0) is 36.5 Å². The molecule has 82 valence electrons. The van der Waals surface area contributed by atoms with E-state index in [1.165, 1.54) is 24.8 Å². The molecule has 0 aliphatic heterocycles. The van der Waals surface area contributed by atoms with E-state index in [-0.39, 0.29) is 0 Å². The summed E-state index contributed by atoms with van der Waals surface area (Å²) in [6.45, 7) is 0. The Morgan fingerprint density at radius 2 is 2.00 bits per heavy atom. The number of benzene rings is 1. The standard InChI is InChI=1S/C12H13BrCl2/c13-10(5-8-1-2-8)6-9-3-4-11(14)12(15)7-9/h3-4,7-8,10H,1-2,5-6H2. The van der Waals surface area contributed by atoms with Crippen molar-refractivity contribution in [2.45, 2.75) is 30.5 Å². The molecule has 15 heavy (non-hydrogen) atoms. The molecule has 1 atom stereocenters. The lowest BCUT2D eigenvalue weighted by molar-refractivity contribution is 0.690. The van der Waals surface area contributed by atoms with E-state index in [1.54, 1.807) is 0 Å². The molecule has 0 heterocycles. The zero-order valence-corrected chi connectivity index (χ0v) is 11.4. The van der Waals surface area contributed by atoms with Gasteiger partial charge in [-0.25, -0.2) is 0 Å². The van der Waals surface area contributed by atoms with Gasteiger partial charge in [-0.3, -0.25) is 0 Å². The van der Waals surface area contributed by atoms with Gasteiger partial charge < -0.3 is 0 Å². The third-order valence-electron chi connectivity index (χ3n) is 2.73. The molecule has 2 rings (SSSR count). The second-order valence-electron chi connectivity index (χ2n) is 4.23. The molecule has 0 spiro atoms. The average molecular weight is 308 g/mol. The molecule has 0 N–H and O–H groups in total. The van der Waals surface area contributed by atoms with Crippen molar-refractivity contribution in [1.82, 2.24) is 0 Å². The van der Waals surface area contributed by atoms with Gasteiger partial charge in [-0.15, -0.1) is 0 Å². The van der Waals surface area contributed by atoms with Gasteiger partial charge in [0, 0.05) is 4.83 Å². The number of hydrogen-bond donors (Lipinski definition) is 0. The van der Waals surface area contributed by atoms with Crippen LogP contribution in [0.2, 0.25) is 10.0 Å². The first-order valence-electron chi connectivity index (χ1n) is 5.23. The van der Waals surface area contributed by atoms with E-state index in [0.29, 0.717) is 14.9 Å². The lowest BCUT2D eigenvalue weighted by atomic mass is 10.1. The Morgan fingerprint density at radius 3 is 2.60 bits per heavy atom. The average Bonchev–Trinajstić information content (AvgIpc) is 2.95. The molecule has 1 aromatic carbocycles.